The third-order valence-electron chi connectivity index (χ3n) is 6.15. The van der Waals surface area contributed by atoms with Crippen LogP contribution in [-0.2, 0) is 0 Å². The van der Waals surface area contributed by atoms with Gasteiger partial charge in [-0.2, -0.15) is 0 Å². The van der Waals surface area contributed by atoms with Crippen molar-refractivity contribution < 1.29 is 14.3 Å². The topological polar surface area (TPSA) is 54.0 Å². The predicted octanol–water partition coefficient (Wildman–Crippen LogP) is 3.71. The van der Waals surface area contributed by atoms with Crippen molar-refractivity contribution in [2.24, 2.45) is 0 Å². The summed E-state index contributed by atoms with van der Waals surface area (Å²) < 4.78 is 11.1. The smallest absolute Gasteiger partial charge is 0.251 e. The van der Waals surface area contributed by atoms with Gasteiger partial charge in [0, 0.05) is 44.0 Å². The molecule has 0 aliphatic carbocycles. The number of piperazine rings is 1. The lowest BCUT2D eigenvalue weighted by molar-refractivity contribution is 0.0930. The number of nitrogens with zero attached hydrogens (tertiary/aromatic N) is 2. The number of ether oxygens (including phenoxy) is 2. The van der Waals surface area contributed by atoms with Crippen molar-refractivity contribution in [3.63, 3.8) is 0 Å². The molecule has 2 aliphatic heterocycles. The lowest BCUT2D eigenvalue weighted by Gasteiger charge is -2.40. The van der Waals surface area contributed by atoms with Crippen molar-refractivity contribution in [1.29, 1.82) is 0 Å². The Morgan fingerprint density at radius 3 is 2.28 bits per heavy atom. The van der Waals surface area contributed by atoms with Crippen molar-refractivity contribution in [3.05, 3.63) is 90.0 Å². The molecule has 6 nitrogen and oxygen atoms in total. The lowest BCUT2D eigenvalue weighted by atomic mass is 10.0. The standard InChI is InChI=1S/C26H27N3O3/c30-26(20-7-3-1-4-8-20)27-18-23(21-11-12-24-25(17-21)32-19-31-24)29-15-13-28(14-16-29)22-9-5-2-6-10-22/h1-12,17,23H,13-16,18-19H2,(H,27,30). The molecule has 1 fully saturated rings. The van der Waals surface area contributed by atoms with Gasteiger partial charge in [-0.1, -0.05) is 42.5 Å². The Bertz CT molecular complexity index is 1050. The molecule has 0 bridgehead atoms. The molecule has 1 saturated heterocycles. The van der Waals surface area contributed by atoms with E-state index < -0.39 is 0 Å². The maximum absolute atomic E-state index is 12.7. The van der Waals surface area contributed by atoms with Gasteiger partial charge in [-0.05, 0) is 42.0 Å². The maximum Gasteiger partial charge on any atom is 0.251 e. The van der Waals surface area contributed by atoms with Gasteiger partial charge < -0.3 is 19.7 Å². The summed E-state index contributed by atoms with van der Waals surface area (Å²) in [5, 5.41) is 3.14. The van der Waals surface area contributed by atoms with E-state index in [1.807, 2.05) is 48.5 Å². The molecule has 0 saturated carbocycles. The number of carbonyl (C=O) groups is 1. The van der Waals surface area contributed by atoms with Crippen molar-refractivity contribution in [2.75, 3.05) is 44.4 Å². The number of para-hydroxylation sites is 1. The number of amides is 1. The third-order valence-corrected chi connectivity index (χ3v) is 6.15. The molecule has 2 aliphatic rings. The number of nitrogens with one attached hydrogen (secondary N) is 1. The van der Waals surface area contributed by atoms with Crippen LogP contribution in [0.25, 0.3) is 0 Å². The molecule has 3 aromatic rings. The number of anilines is 1. The number of hydrogen-bond acceptors (Lipinski definition) is 5. The van der Waals surface area contributed by atoms with E-state index in [2.05, 4.69) is 45.4 Å². The van der Waals surface area contributed by atoms with Crippen LogP contribution in [0.2, 0.25) is 0 Å². The average molecular weight is 430 g/mol. The van der Waals surface area contributed by atoms with Gasteiger partial charge in [-0.3, -0.25) is 9.69 Å². The van der Waals surface area contributed by atoms with Crippen LogP contribution in [0.3, 0.4) is 0 Å². The minimum atomic E-state index is -0.0562. The van der Waals surface area contributed by atoms with Crippen molar-refractivity contribution in [3.8, 4) is 11.5 Å². The first-order valence-corrected chi connectivity index (χ1v) is 11.0. The predicted molar refractivity (Wildman–Crippen MR) is 124 cm³/mol. The molecular formula is C26H27N3O3. The first-order chi connectivity index (χ1) is 15.8. The van der Waals surface area contributed by atoms with E-state index in [9.17, 15) is 4.79 Å². The number of hydrogen-bond donors (Lipinski definition) is 1. The van der Waals surface area contributed by atoms with Crippen LogP contribution in [-0.4, -0.2) is 50.3 Å². The van der Waals surface area contributed by atoms with Crippen molar-refractivity contribution in [1.82, 2.24) is 10.2 Å². The summed E-state index contributed by atoms with van der Waals surface area (Å²) >= 11 is 0. The molecule has 32 heavy (non-hydrogen) atoms. The summed E-state index contributed by atoms with van der Waals surface area (Å²) in [7, 11) is 0. The van der Waals surface area contributed by atoms with Crippen LogP contribution in [0.15, 0.2) is 78.9 Å². The summed E-state index contributed by atoms with van der Waals surface area (Å²) in [5.41, 5.74) is 3.05. The molecule has 1 N–H and O–H groups in total. The highest BCUT2D eigenvalue weighted by molar-refractivity contribution is 5.94. The second kappa shape index (κ2) is 9.32. The normalized spacial score (nSPS) is 16.6. The van der Waals surface area contributed by atoms with Gasteiger partial charge in [0.25, 0.3) is 5.91 Å². The average Bonchev–Trinajstić information content (AvgIpc) is 3.34. The number of fused-ring (bicyclic) bond motifs is 1. The van der Waals surface area contributed by atoms with E-state index in [-0.39, 0.29) is 18.7 Å². The summed E-state index contributed by atoms with van der Waals surface area (Å²) in [5.74, 6) is 1.48. The summed E-state index contributed by atoms with van der Waals surface area (Å²) in [6.45, 7) is 4.49. The Labute approximate surface area is 188 Å². The monoisotopic (exact) mass is 429 g/mol. The van der Waals surface area contributed by atoms with Crippen LogP contribution < -0.4 is 19.7 Å². The Hall–Kier alpha value is -3.51. The summed E-state index contributed by atoms with van der Waals surface area (Å²) in [6.07, 6.45) is 0. The van der Waals surface area contributed by atoms with Gasteiger partial charge >= 0.3 is 0 Å². The zero-order chi connectivity index (χ0) is 21.8. The highest BCUT2D eigenvalue weighted by Crippen LogP contribution is 2.35. The van der Waals surface area contributed by atoms with E-state index >= 15 is 0 Å². The number of rotatable bonds is 6. The molecule has 5 rings (SSSR count). The van der Waals surface area contributed by atoms with E-state index in [1.165, 1.54) is 5.69 Å². The largest absolute Gasteiger partial charge is 0.454 e. The van der Waals surface area contributed by atoms with Crippen LogP contribution in [0.4, 0.5) is 5.69 Å². The molecule has 0 radical (unpaired) electrons. The van der Waals surface area contributed by atoms with Gasteiger partial charge in [-0.15, -0.1) is 0 Å². The molecule has 1 amide bonds. The molecule has 164 valence electrons. The van der Waals surface area contributed by atoms with Gasteiger partial charge in [0.1, 0.15) is 0 Å². The summed E-state index contributed by atoms with van der Waals surface area (Å²) in [4.78, 5) is 17.6. The van der Waals surface area contributed by atoms with E-state index in [0.29, 0.717) is 12.1 Å². The number of carbonyl (C=O) groups excluding carboxylic acids is 1. The summed E-state index contributed by atoms with van der Waals surface area (Å²) in [6, 6.07) is 26.0. The molecule has 3 aromatic carbocycles. The highest BCUT2D eigenvalue weighted by Gasteiger charge is 2.27. The Morgan fingerprint density at radius 1 is 0.844 bits per heavy atom. The fourth-order valence-electron chi connectivity index (χ4n) is 4.39. The van der Waals surface area contributed by atoms with Crippen molar-refractivity contribution >= 4 is 11.6 Å². The minimum Gasteiger partial charge on any atom is -0.454 e. The first-order valence-electron chi connectivity index (χ1n) is 11.0. The molecule has 0 aromatic heterocycles. The second-order valence-corrected chi connectivity index (χ2v) is 8.06. The number of benzene rings is 3. The minimum absolute atomic E-state index is 0.0510. The molecule has 2 heterocycles. The van der Waals surface area contributed by atoms with Crippen LogP contribution in [0.5, 0.6) is 11.5 Å². The third kappa shape index (κ3) is 4.41. The molecule has 0 spiro atoms. The first kappa shape index (κ1) is 20.4. The fraction of sp³-hybridized carbons (Fsp3) is 0.269. The van der Waals surface area contributed by atoms with Crippen molar-refractivity contribution in [2.45, 2.75) is 6.04 Å². The van der Waals surface area contributed by atoms with E-state index in [4.69, 9.17) is 9.47 Å². The van der Waals surface area contributed by atoms with Gasteiger partial charge in [0.05, 0.1) is 6.04 Å². The highest BCUT2D eigenvalue weighted by atomic mass is 16.7. The Morgan fingerprint density at radius 2 is 1.53 bits per heavy atom. The van der Waals surface area contributed by atoms with Gasteiger partial charge in [0.15, 0.2) is 11.5 Å². The Balaban J connectivity index is 1.32. The zero-order valence-corrected chi connectivity index (χ0v) is 17.9. The van der Waals surface area contributed by atoms with Gasteiger partial charge in [0.2, 0.25) is 6.79 Å². The second-order valence-electron chi connectivity index (χ2n) is 8.06. The zero-order valence-electron chi connectivity index (χ0n) is 17.9. The van der Waals surface area contributed by atoms with Crippen LogP contribution in [0.1, 0.15) is 22.0 Å². The SMILES string of the molecule is O=C(NCC(c1ccc2c(c1)OCO2)N1CCN(c2ccccc2)CC1)c1ccccc1. The van der Waals surface area contributed by atoms with Gasteiger partial charge in [-0.25, -0.2) is 0 Å². The van der Waals surface area contributed by atoms with Crippen LogP contribution in [0, 0.1) is 0 Å². The van der Waals surface area contributed by atoms with Crippen LogP contribution >= 0.6 is 0 Å². The molecule has 1 atom stereocenters. The Kier molecular flexibility index (Phi) is 5.94. The maximum atomic E-state index is 12.7. The fourth-order valence-corrected chi connectivity index (χ4v) is 4.39. The molecule has 1 unspecified atom stereocenters. The molecular weight excluding hydrogens is 402 g/mol. The lowest BCUT2D eigenvalue weighted by Crippen LogP contribution is -2.50. The molecule has 6 heteroatoms. The van der Waals surface area contributed by atoms with E-state index in [0.717, 1.165) is 43.2 Å². The quantitative estimate of drug-likeness (QED) is 0.648. The van der Waals surface area contributed by atoms with E-state index in [1.54, 1.807) is 0 Å².